The first-order chi connectivity index (χ1) is 12.6. The number of carbonyl (C=O) groups excluding carboxylic acids is 1. The predicted octanol–water partition coefficient (Wildman–Crippen LogP) is 4.93. The second-order valence-electron chi connectivity index (χ2n) is 6.11. The summed E-state index contributed by atoms with van der Waals surface area (Å²) in [6, 6.07) is 20.2. The van der Waals surface area contributed by atoms with Crippen LogP contribution in [0.3, 0.4) is 0 Å². The quantitative estimate of drug-likeness (QED) is 0.553. The average Bonchev–Trinajstić information content (AvgIpc) is 3.14. The number of halogens is 1. The van der Waals surface area contributed by atoms with Gasteiger partial charge < -0.3 is 5.32 Å². The minimum Gasteiger partial charge on any atom is -0.321 e. The molecule has 1 aromatic heterocycles. The molecule has 0 atom stereocenters. The Kier molecular flexibility index (Phi) is 3.97. The third-order valence-corrected chi connectivity index (χ3v) is 4.30. The molecule has 0 saturated carbocycles. The van der Waals surface area contributed by atoms with E-state index in [1.54, 1.807) is 19.1 Å². The fourth-order valence-corrected chi connectivity index (χ4v) is 2.95. The summed E-state index contributed by atoms with van der Waals surface area (Å²) in [4.78, 5) is 12.4. The normalized spacial score (nSPS) is 10.8. The molecule has 0 aliphatic carbocycles. The van der Waals surface area contributed by atoms with Crippen LogP contribution in [0.5, 0.6) is 0 Å². The summed E-state index contributed by atoms with van der Waals surface area (Å²) in [5.41, 5.74) is 3.01. The topological polar surface area (TPSA) is 57.8 Å². The second kappa shape index (κ2) is 6.44. The van der Waals surface area contributed by atoms with Crippen molar-refractivity contribution in [3.8, 4) is 11.3 Å². The second-order valence-corrected chi connectivity index (χ2v) is 6.11. The van der Waals surface area contributed by atoms with Gasteiger partial charge in [0.25, 0.3) is 5.91 Å². The van der Waals surface area contributed by atoms with E-state index in [0.29, 0.717) is 22.6 Å². The smallest absolute Gasteiger partial charge is 0.273 e. The zero-order chi connectivity index (χ0) is 18.1. The highest BCUT2D eigenvalue weighted by Gasteiger charge is 2.13. The van der Waals surface area contributed by atoms with Crippen LogP contribution in [0, 0.1) is 12.7 Å². The first-order valence-electron chi connectivity index (χ1n) is 8.23. The highest BCUT2D eigenvalue weighted by atomic mass is 19.1. The van der Waals surface area contributed by atoms with Crippen LogP contribution in [0.25, 0.3) is 22.0 Å². The number of rotatable bonds is 3. The lowest BCUT2D eigenvalue weighted by molar-refractivity contribution is 0.102. The van der Waals surface area contributed by atoms with E-state index < -0.39 is 0 Å². The summed E-state index contributed by atoms with van der Waals surface area (Å²) in [6.07, 6.45) is 0. The molecule has 1 amide bonds. The Morgan fingerprint density at radius 2 is 1.85 bits per heavy atom. The molecule has 0 fully saturated rings. The van der Waals surface area contributed by atoms with Crippen LogP contribution in [0.15, 0.2) is 66.7 Å². The summed E-state index contributed by atoms with van der Waals surface area (Å²) >= 11 is 0. The van der Waals surface area contributed by atoms with Gasteiger partial charge in [0.1, 0.15) is 11.5 Å². The van der Waals surface area contributed by atoms with Crippen molar-refractivity contribution < 1.29 is 9.18 Å². The van der Waals surface area contributed by atoms with E-state index in [-0.39, 0.29) is 11.7 Å². The molecular weight excluding hydrogens is 329 g/mol. The number of aryl methyl sites for hydroxylation is 1. The highest BCUT2D eigenvalue weighted by molar-refractivity contribution is 6.04. The minimum absolute atomic E-state index is 0.303. The van der Waals surface area contributed by atoms with Gasteiger partial charge in [-0.15, -0.1) is 0 Å². The molecule has 5 heteroatoms. The number of hydrogen-bond donors (Lipinski definition) is 2. The Morgan fingerprint density at radius 3 is 2.69 bits per heavy atom. The molecule has 0 radical (unpaired) electrons. The van der Waals surface area contributed by atoms with E-state index in [1.165, 1.54) is 12.1 Å². The standard InChI is InChI=1S/C21H16FN3O/c1-13-11-15(9-10-18(13)22)23-21(26)20-12-19(24-25-20)17-8-4-6-14-5-2-3-7-16(14)17/h2-12H,1H3,(H,23,26)(H,24,25). The zero-order valence-electron chi connectivity index (χ0n) is 14.1. The number of carbonyl (C=O) groups is 1. The minimum atomic E-state index is -0.324. The van der Waals surface area contributed by atoms with Crippen molar-refractivity contribution in [2.45, 2.75) is 6.92 Å². The highest BCUT2D eigenvalue weighted by Crippen LogP contribution is 2.27. The molecule has 26 heavy (non-hydrogen) atoms. The lowest BCUT2D eigenvalue weighted by atomic mass is 10.0. The van der Waals surface area contributed by atoms with Crippen LogP contribution in [0.1, 0.15) is 16.1 Å². The molecule has 1 heterocycles. The molecule has 2 N–H and O–H groups in total. The Hall–Kier alpha value is -3.47. The third-order valence-electron chi connectivity index (χ3n) is 4.30. The first kappa shape index (κ1) is 16.0. The maximum Gasteiger partial charge on any atom is 0.273 e. The number of H-pyrrole nitrogens is 1. The maximum absolute atomic E-state index is 13.3. The zero-order valence-corrected chi connectivity index (χ0v) is 14.1. The van der Waals surface area contributed by atoms with Gasteiger partial charge in [-0.05, 0) is 47.5 Å². The molecule has 3 aromatic carbocycles. The van der Waals surface area contributed by atoms with Crippen molar-refractivity contribution in [1.82, 2.24) is 10.2 Å². The number of aromatic nitrogens is 2. The molecular formula is C21H16FN3O. The SMILES string of the molecule is Cc1cc(NC(=O)c2cc(-c3cccc4ccccc34)n[nH]2)ccc1F. The maximum atomic E-state index is 13.3. The van der Waals surface area contributed by atoms with Gasteiger partial charge in [-0.1, -0.05) is 42.5 Å². The average molecular weight is 345 g/mol. The molecule has 4 aromatic rings. The van der Waals surface area contributed by atoms with Crippen LogP contribution in [-0.2, 0) is 0 Å². The molecule has 0 aliphatic rings. The van der Waals surface area contributed by atoms with Crippen LogP contribution in [-0.4, -0.2) is 16.1 Å². The molecule has 0 bridgehead atoms. The third kappa shape index (κ3) is 2.95. The van der Waals surface area contributed by atoms with E-state index in [9.17, 15) is 9.18 Å². The van der Waals surface area contributed by atoms with Gasteiger partial charge in [0, 0.05) is 11.3 Å². The van der Waals surface area contributed by atoms with Gasteiger partial charge in [0.15, 0.2) is 0 Å². The van der Waals surface area contributed by atoms with Crippen molar-refractivity contribution in [2.75, 3.05) is 5.32 Å². The lowest BCUT2D eigenvalue weighted by Gasteiger charge is -2.05. The molecule has 0 spiro atoms. The van der Waals surface area contributed by atoms with Gasteiger partial charge in [0.05, 0.1) is 5.69 Å². The molecule has 4 nitrogen and oxygen atoms in total. The van der Waals surface area contributed by atoms with Gasteiger partial charge in [-0.3, -0.25) is 9.89 Å². The van der Waals surface area contributed by atoms with Gasteiger partial charge in [0.2, 0.25) is 0 Å². The molecule has 0 unspecified atom stereocenters. The van der Waals surface area contributed by atoms with E-state index in [2.05, 4.69) is 15.5 Å². The number of nitrogens with one attached hydrogen (secondary N) is 2. The Balaban J connectivity index is 1.63. The predicted molar refractivity (Wildman–Crippen MR) is 101 cm³/mol. The largest absolute Gasteiger partial charge is 0.321 e. The first-order valence-corrected chi connectivity index (χ1v) is 8.23. The molecule has 128 valence electrons. The molecule has 0 saturated heterocycles. The fourth-order valence-electron chi connectivity index (χ4n) is 2.95. The number of hydrogen-bond acceptors (Lipinski definition) is 2. The number of fused-ring (bicyclic) bond motifs is 1. The summed E-state index contributed by atoms with van der Waals surface area (Å²) in [6.45, 7) is 1.65. The van der Waals surface area contributed by atoms with E-state index in [1.807, 2.05) is 42.5 Å². The van der Waals surface area contributed by atoms with Crippen molar-refractivity contribution in [3.05, 3.63) is 83.8 Å². The summed E-state index contributed by atoms with van der Waals surface area (Å²) in [5, 5.41) is 12.0. The van der Waals surface area contributed by atoms with Crippen LogP contribution in [0.2, 0.25) is 0 Å². The number of amides is 1. The van der Waals surface area contributed by atoms with Gasteiger partial charge >= 0.3 is 0 Å². The molecule has 4 rings (SSSR count). The van der Waals surface area contributed by atoms with Crippen LogP contribution >= 0.6 is 0 Å². The number of nitrogens with zero attached hydrogens (tertiary/aromatic N) is 1. The van der Waals surface area contributed by atoms with Crippen LogP contribution in [0.4, 0.5) is 10.1 Å². The van der Waals surface area contributed by atoms with Crippen molar-refractivity contribution in [2.24, 2.45) is 0 Å². The molecule has 0 aliphatic heterocycles. The van der Waals surface area contributed by atoms with E-state index >= 15 is 0 Å². The van der Waals surface area contributed by atoms with E-state index in [4.69, 9.17) is 0 Å². The summed E-state index contributed by atoms with van der Waals surface area (Å²) in [7, 11) is 0. The van der Waals surface area contributed by atoms with Gasteiger partial charge in [-0.25, -0.2) is 4.39 Å². The Bertz CT molecular complexity index is 1110. The summed E-state index contributed by atoms with van der Waals surface area (Å²) < 4.78 is 13.3. The van der Waals surface area contributed by atoms with Crippen LogP contribution < -0.4 is 5.32 Å². The van der Waals surface area contributed by atoms with Crippen molar-refractivity contribution in [1.29, 1.82) is 0 Å². The lowest BCUT2D eigenvalue weighted by Crippen LogP contribution is -2.12. The van der Waals surface area contributed by atoms with Gasteiger partial charge in [-0.2, -0.15) is 5.10 Å². The summed E-state index contributed by atoms with van der Waals surface area (Å²) in [5.74, 6) is -0.627. The monoisotopic (exact) mass is 345 g/mol. The Morgan fingerprint density at radius 1 is 1.04 bits per heavy atom. The number of benzene rings is 3. The van der Waals surface area contributed by atoms with Crippen molar-refractivity contribution in [3.63, 3.8) is 0 Å². The van der Waals surface area contributed by atoms with Crippen molar-refractivity contribution >= 4 is 22.4 Å². The Labute approximate surface area is 149 Å². The number of anilines is 1. The fraction of sp³-hybridized carbons (Fsp3) is 0.0476. The number of aromatic amines is 1. The van der Waals surface area contributed by atoms with E-state index in [0.717, 1.165) is 16.3 Å².